The van der Waals surface area contributed by atoms with Gasteiger partial charge in [-0.1, -0.05) is 17.7 Å². The molecule has 20 heavy (non-hydrogen) atoms. The highest BCUT2D eigenvalue weighted by Crippen LogP contribution is 2.29. The molecular weight excluding hydrogens is 324 g/mol. The van der Waals surface area contributed by atoms with Crippen LogP contribution in [0.5, 0.6) is 0 Å². The minimum Gasteiger partial charge on any atom is -0.478 e. The molecule has 0 radical (unpaired) electrons. The van der Waals surface area contributed by atoms with E-state index in [1.165, 1.54) is 24.4 Å². The number of hydrogen-bond donors (Lipinski definition) is 2. The van der Waals surface area contributed by atoms with Gasteiger partial charge >= 0.3 is 5.97 Å². The molecule has 1 aromatic carbocycles. The number of hydrogen-bond acceptors (Lipinski definition) is 5. The number of carboxylic acids is 1. The zero-order chi connectivity index (χ0) is 14.9. The number of aromatic carboxylic acids is 1. The number of aryl methyl sites for hydroxylation is 1. The van der Waals surface area contributed by atoms with Crippen molar-refractivity contribution in [1.82, 2.24) is 4.98 Å². The lowest BCUT2D eigenvalue weighted by Gasteiger charge is -2.10. The number of carbonyl (C=O) groups is 1. The molecular formula is C11H9ClN2O4S2. The molecule has 9 heteroatoms. The van der Waals surface area contributed by atoms with Gasteiger partial charge in [-0.05, 0) is 19.1 Å². The summed E-state index contributed by atoms with van der Waals surface area (Å²) in [5, 5.41) is 9.65. The fourth-order valence-electron chi connectivity index (χ4n) is 1.46. The summed E-state index contributed by atoms with van der Waals surface area (Å²) in [4.78, 5) is 15.0. The summed E-state index contributed by atoms with van der Waals surface area (Å²) in [5.41, 5.74) is -0.380. The topological polar surface area (TPSA) is 96.4 Å². The first kappa shape index (κ1) is 14.8. The number of carboxylic acid groups (broad SMARTS) is 1. The maximum absolute atomic E-state index is 12.1. The van der Waals surface area contributed by atoms with Crippen molar-refractivity contribution in [2.75, 3.05) is 4.72 Å². The van der Waals surface area contributed by atoms with Crippen LogP contribution in [0.1, 0.15) is 15.4 Å². The summed E-state index contributed by atoms with van der Waals surface area (Å²) in [6.07, 6.45) is 1.21. The van der Waals surface area contributed by atoms with Gasteiger partial charge in [-0.25, -0.2) is 18.2 Å². The van der Waals surface area contributed by atoms with Crippen molar-refractivity contribution in [2.24, 2.45) is 0 Å². The molecule has 0 aliphatic heterocycles. The van der Waals surface area contributed by atoms with Crippen molar-refractivity contribution < 1.29 is 18.3 Å². The second kappa shape index (κ2) is 5.39. The Morgan fingerprint density at radius 3 is 2.70 bits per heavy atom. The molecule has 0 aliphatic rings. The van der Waals surface area contributed by atoms with E-state index < -0.39 is 16.0 Å². The third kappa shape index (κ3) is 2.92. The predicted molar refractivity (Wildman–Crippen MR) is 76.1 cm³/mol. The Kier molecular flexibility index (Phi) is 3.98. The molecule has 2 aromatic rings. The van der Waals surface area contributed by atoms with Crippen LogP contribution in [0.2, 0.25) is 5.02 Å². The standard InChI is InChI=1S/C11H9ClN2O4S2/c1-6-13-5-9(19-6)20(17,18)14-10-7(11(15)16)3-2-4-8(10)12/h2-5,14H,1H3,(H,15,16). The normalized spacial score (nSPS) is 11.3. The zero-order valence-electron chi connectivity index (χ0n) is 10.1. The summed E-state index contributed by atoms with van der Waals surface area (Å²) in [7, 11) is -3.91. The van der Waals surface area contributed by atoms with Crippen molar-refractivity contribution in [2.45, 2.75) is 11.1 Å². The lowest BCUT2D eigenvalue weighted by Crippen LogP contribution is -2.15. The second-order valence-electron chi connectivity index (χ2n) is 3.77. The molecule has 0 fully saturated rings. The Hall–Kier alpha value is -1.64. The lowest BCUT2D eigenvalue weighted by molar-refractivity contribution is 0.0698. The van der Waals surface area contributed by atoms with Gasteiger partial charge in [-0.3, -0.25) is 4.72 Å². The maximum atomic E-state index is 12.1. The van der Waals surface area contributed by atoms with Gasteiger partial charge in [0.05, 0.1) is 27.5 Å². The van der Waals surface area contributed by atoms with E-state index in [1.807, 2.05) is 0 Å². The van der Waals surface area contributed by atoms with Crippen LogP contribution >= 0.6 is 22.9 Å². The summed E-state index contributed by atoms with van der Waals surface area (Å²) in [6.45, 7) is 1.67. The molecule has 0 saturated carbocycles. The summed E-state index contributed by atoms with van der Waals surface area (Å²) >= 11 is 6.85. The van der Waals surface area contributed by atoms with Crippen LogP contribution < -0.4 is 4.72 Å². The number of anilines is 1. The average molecular weight is 333 g/mol. The van der Waals surface area contributed by atoms with E-state index in [0.717, 1.165) is 11.3 Å². The average Bonchev–Trinajstić information content (AvgIpc) is 2.79. The summed E-state index contributed by atoms with van der Waals surface area (Å²) in [6, 6.07) is 4.11. The van der Waals surface area contributed by atoms with E-state index in [4.69, 9.17) is 16.7 Å². The fraction of sp³-hybridized carbons (Fsp3) is 0.0909. The van der Waals surface area contributed by atoms with Crippen LogP contribution in [0, 0.1) is 6.92 Å². The number of benzene rings is 1. The molecule has 0 atom stereocenters. The molecule has 0 spiro atoms. The van der Waals surface area contributed by atoms with Crippen LogP contribution in [0.4, 0.5) is 5.69 Å². The number of nitrogens with zero attached hydrogens (tertiary/aromatic N) is 1. The first-order valence-electron chi connectivity index (χ1n) is 5.28. The summed E-state index contributed by atoms with van der Waals surface area (Å²) < 4.78 is 26.5. The van der Waals surface area contributed by atoms with Crippen molar-refractivity contribution in [3.63, 3.8) is 0 Å². The van der Waals surface area contributed by atoms with E-state index in [2.05, 4.69) is 9.71 Å². The minimum absolute atomic E-state index is 0.00809. The number of rotatable bonds is 4. The lowest BCUT2D eigenvalue weighted by atomic mass is 10.2. The minimum atomic E-state index is -3.91. The van der Waals surface area contributed by atoms with Crippen LogP contribution in [-0.4, -0.2) is 24.5 Å². The number of thiazole rings is 1. The highest BCUT2D eigenvalue weighted by Gasteiger charge is 2.22. The van der Waals surface area contributed by atoms with E-state index >= 15 is 0 Å². The fourth-order valence-corrected chi connectivity index (χ4v) is 3.94. The van der Waals surface area contributed by atoms with Crippen molar-refractivity contribution in [3.8, 4) is 0 Å². The molecule has 0 aliphatic carbocycles. The van der Waals surface area contributed by atoms with Gasteiger partial charge in [0, 0.05) is 0 Å². The first-order chi connectivity index (χ1) is 9.31. The molecule has 6 nitrogen and oxygen atoms in total. The van der Waals surface area contributed by atoms with Crippen molar-refractivity contribution >= 4 is 44.6 Å². The summed E-state index contributed by atoms with van der Waals surface area (Å²) in [5.74, 6) is -1.27. The van der Waals surface area contributed by atoms with Crippen molar-refractivity contribution in [1.29, 1.82) is 0 Å². The van der Waals surface area contributed by atoms with Gasteiger partial charge in [0.2, 0.25) is 0 Å². The first-order valence-corrected chi connectivity index (χ1v) is 7.96. The van der Waals surface area contributed by atoms with Gasteiger partial charge in [0.1, 0.15) is 0 Å². The third-order valence-corrected chi connectivity index (χ3v) is 5.38. The molecule has 2 rings (SSSR count). The van der Waals surface area contributed by atoms with Crippen LogP contribution in [0.3, 0.4) is 0 Å². The third-order valence-electron chi connectivity index (χ3n) is 2.35. The SMILES string of the molecule is Cc1ncc(S(=O)(=O)Nc2c(Cl)cccc2C(=O)O)s1. The molecule has 106 valence electrons. The molecule has 0 amide bonds. The molecule has 1 heterocycles. The van der Waals surface area contributed by atoms with Gasteiger partial charge in [0.15, 0.2) is 4.21 Å². The highest BCUT2D eigenvalue weighted by molar-refractivity contribution is 7.94. The molecule has 0 bridgehead atoms. The van der Waals surface area contributed by atoms with Gasteiger partial charge in [-0.2, -0.15) is 0 Å². The number of halogens is 1. The molecule has 2 N–H and O–H groups in total. The largest absolute Gasteiger partial charge is 0.478 e. The monoisotopic (exact) mass is 332 g/mol. The quantitative estimate of drug-likeness (QED) is 0.897. The Bertz CT molecular complexity index is 770. The van der Waals surface area contributed by atoms with Crippen LogP contribution in [0.15, 0.2) is 28.6 Å². The van der Waals surface area contributed by atoms with E-state index in [0.29, 0.717) is 5.01 Å². The zero-order valence-corrected chi connectivity index (χ0v) is 12.5. The number of aromatic nitrogens is 1. The molecule has 1 aromatic heterocycles. The molecule has 0 saturated heterocycles. The number of sulfonamides is 1. The van der Waals surface area contributed by atoms with Gasteiger partial charge in [0.25, 0.3) is 10.0 Å². The molecule has 0 unspecified atom stereocenters. The van der Waals surface area contributed by atoms with E-state index in [-0.39, 0.29) is 20.5 Å². The van der Waals surface area contributed by atoms with Gasteiger partial charge < -0.3 is 5.11 Å². The smallest absolute Gasteiger partial charge is 0.337 e. The number of para-hydroxylation sites is 1. The second-order valence-corrected chi connectivity index (χ2v) is 7.32. The van der Waals surface area contributed by atoms with Crippen molar-refractivity contribution in [3.05, 3.63) is 40.0 Å². The maximum Gasteiger partial charge on any atom is 0.337 e. The predicted octanol–water partition coefficient (Wildman–Crippen LogP) is 2.60. The van der Waals surface area contributed by atoms with E-state index in [1.54, 1.807) is 6.92 Å². The van der Waals surface area contributed by atoms with Gasteiger partial charge in [-0.15, -0.1) is 11.3 Å². The highest BCUT2D eigenvalue weighted by atomic mass is 35.5. The Balaban J connectivity index is 2.47. The van der Waals surface area contributed by atoms with E-state index in [9.17, 15) is 13.2 Å². The Morgan fingerprint density at radius 2 is 2.15 bits per heavy atom. The van der Waals surface area contributed by atoms with Crippen LogP contribution in [0.25, 0.3) is 0 Å². The Morgan fingerprint density at radius 1 is 1.45 bits per heavy atom. The Labute approximate surface area is 124 Å². The number of nitrogens with one attached hydrogen (secondary N) is 1. The van der Waals surface area contributed by atoms with Crippen LogP contribution in [-0.2, 0) is 10.0 Å².